The maximum atomic E-state index is 14.7. The zero-order valence-corrected chi connectivity index (χ0v) is 21.6. The number of hydrogen-bond donors (Lipinski definition) is 2. The summed E-state index contributed by atoms with van der Waals surface area (Å²) in [6.07, 6.45) is 0. The topological polar surface area (TPSA) is 58.2 Å². The van der Waals surface area contributed by atoms with Gasteiger partial charge in [0.2, 0.25) is 5.91 Å². The summed E-state index contributed by atoms with van der Waals surface area (Å²) in [6.45, 7) is 1.77. The van der Waals surface area contributed by atoms with Gasteiger partial charge in [0, 0.05) is 17.7 Å². The number of benzene rings is 3. The van der Waals surface area contributed by atoms with Crippen LogP contribution < -0.4 is 10.6 Å². The maximum Gasteiger partial charge on any atom is 0.257 e. The number of hydrogen-bond acceptors (Lipinski definition) is 2. The Morgan fingerprint density at radius 2 is 1.71 bits per heavy atom. The summed E-state index contributed by atoms with van der Waals surface area (Å²) in [6, 6.07) is 9.95. The van der Waals surface area contributed by atoms with E-state index in [0.29, 0.717) is 6.07 Å². The van der Waals surface area contributed by atoms with E-state index in [2.05, 4.69) is 26.6 Å². The van der Waals surface area contributed by atoms with Crippen LogP contribution in [0.3, 0.4) is 0 Å². The molecule has 1 aliphatic rings. The van der Waals surface area contributed by atoms with Crippen LogP contribution in [0.2, 0.25) is 5.02 Å². The molecule has 4 rings (SSSR count). The van der Waals surface area contributed by atoms with Crippen LogP contribution in [-0.2, 0) is 4.79 Å². The van der Waals surface area contributed by atoms with Gasteiger partial charge in [0.15, 0.2) is 0 Å². The van der Waals surface area contributed by atoms with Gasteiger partial charge in [0.05, 0.1) is 26.7 Å². The highest BCUT2D eigenvalue weighted by Crippen LogP contribution is 2.65. The summed E-state index contributed by atoms with van der Waals surface area (Å²) >= 11 is 21.9. The van der Waals surface area contributed by atoms with Crippen LogP contribution in [0, 0.1) is 30.3 Å². The molecule has 35 heavy (non-hydrogen) atoms. The molecule has 1 saturated carbocycles. The van der Waals surface area contributed by atoms with Gasteiger partial charge >= 0.3 is 0 Å². The Kier molecular flexibility index (Phi) is 7.12. The van der Waals surface area contributed by atoms with Gasteiger partial charge in [0.1, 0.15) is 21.8 Å². The Bertz CT molecular complexity index is 1370. The third-order valence-electron chi connectivity index (χ3n) is 5.53. The predicted molar refractivity (Wildman–Crippen MR) is 134 cm³/mol. The summed E-state index contributed by atoms with van der Waals surface area (Å²) < 4.78 is 40.4. The predicted octanol–water partition coefficient (Wildman–Crippen LogP) is 7.61. The van der Waals surface area contributed by atoms with E-state index in [1.165, 1.54) is 18.2 Å². The lowest BCUT2D eigenvalue weighted by molar-refractivity contribution is -0.117. The summed E-state index contributed by atoms with van der Waals surface area (Å²) in [7, 11) is 0. The number of carbonyl (C=O) groups excluding carboxylic acids is 2. The van der Waals surface area contributed by atoms with Crippen molar-refractivity contribution in [1.82, 2.24) is 0 Å². The van der Waals surface area contributed by atoms with E-state index >= 15 is 0 Å². The number of carbonyl (C=O) groups is 2. The van der Waals surface area contributed by atoms with E-state index < -0.39 is 45.4 Å². The first-order valence-electron chi connectivity index (χ1n) is 10.1. The molecule has 1 aliphatic carbocycles. The molecule has 2 atom stereocenters. The van der Waals surface area contributed by atoms with Crippen LogP contribution in [0.4, 0.5) is 24.5 Å². The Balaban J connectivity index is 1.54. The Hall–Kier alpha value is -2.26. The quantitative estimate of drug-likeness (QED) is 0.294. The second kappa shape index (κ2) is 9.65. The summed E-state index contributed by atoms with van der Waals surface area (Å²) in [5.74, 6) is -5.44. The van der Waals surface area contributed by atoms with Crippen molar-refractivity contribution in [2.75, 3.05) is 10.6 Å². The lowest BCUT2D eigenvalue weighted by atomic mass is 10.1. The zero-order chi connectivity index (χ0) is 25.7. The van der Waals surface area contributed by atoms with E-state index in [-0.39, 0.29) is 32.0 Å². The highest BCUT2D eigenvalue weighted by molar-refractivity contribution is 9.10. The normalized spacial score (nSPS) is 18.2. The van der Waals surface area contributed by atoms with Crippen LogP contribution in [0.1, 0.15) is 27.4 Å². The minimum absolute atomic E-state index is 0.0306. The number of rotatable bonds is 5. The van der Waals surface area contributed by atoms with E-state index in [4.69, 9.17) is 34.8 Å². The van der Waals surface area contributed by atoms with Gasteiger partial charge in [-0.15, -0.1) is 23.2 Å². The third-order valence-corrected chi connectivity index (χ3v) is 7.38. The molecule has 0 radical (unpaired) electrons. The molecule has 0 bridgehead atoms. The number of amides is 2. The lowest BCUT2D eigenvalue weighted by Crippen LogP contribution is -2.18. The SMILES string of the molecule is Cc1cc(Br)c(F)c(C2C(C(=O)Nc3ccc(Cl)c(C(=O)Nc4ccc(F)cc4F)c3)C2(Cl)Cl)c1. The van der Waals surface area contributed by atoms with Crippen molar-refractivity contribution in [3.05, 3.63) is 92.2 Å². The molecule has 1 fully saturated rings. The van der Waals surface area contributed by atoms with Crippen molar-refractivity contribution >= 4 is 73.9 Å². The largest absolute Gasteiger partial charge is 0.326 e. The number of nitrogens with one attached hydrogen (secondary N) is 2. The monoisotopic (exact) mass is 604 g/mol. The molecular weight excluding hydrogens is 592 g/mol. The second-order valence-electron chi connectivity index (χ2n) is 8.04. The molecular formula is C24H15BrCl3F3N2O2. The van der Waals surface area contributed by atoms with Crippen LogP contribution in [0.15, 0.2) is 53.0 Å². The first-order valence-corrected chi connectivity index (χ1v) is 12.0. The summed E-state index contributed by atoms with van der Waals surface area (Å²) in [5, 5.41) is 4.94. The van der Waals surface area contributed by atoms with Gasteiger partial charge in [-0.3, -0.25) is 9.59 Å². The second-order valence-corrected chi connectivity index (χ2v) is 10.7. The van der Waals surface area contributed by atoms with Crippen molar-refractivity contribution in [3.8, 4) is 0 Å². The molecule has 3 aromatic carbocycles. The maximum absolute atomic E-state index is 14.7. The fourth-order valence-electron chi connectivity index (χ4n) is 3.80. The first kappa shape index (κ1) is 25.8. The number of aryl methyl sites for hydroxylation is 1. The van der Waals surface area contributed by atoms with Crippen LogP contribution in [0.25, 0.3) is 0 Å². The van der Waals surface area contributed by atoms with E-state index in [1.807, 2.05) is 0 Å². The van der Waals surface area contributed by atoms with E-state index in [9.17, 15) is 22.8 Å². The fraction of sp³-hybridized carbons (Fsp3) is 0.167. The highest BCUT2D eigenvalue weighted by atomic mass is 79.9. The molecule has 0 saturated heterocycles. The van der Waals surface area contributed by atoms with E-state index in [1.54, 1.807) is 19.1 Å². The summed E-state index contributed by atoms with van der Waals surface area (Å²) in [5.41, 5.74) is 0.832. The zero-order valence-electron chi connectivity index (χ0n) is 17.7. The van der Waals surface area contributed by atoms with E-state index in [0.717, 1.165) is 17.7 Å². The van der Waals surface area contributed by atoms with Gasteiger partial charge < -0.3 is 10.6 Å². The van der Waals surface area contributed by atoms with Crippen molar-refractivity contribution in [2.45, 2.75) is 17.2 Å². The van der Waals surface area contributed by atoms with Gasteiger partial charge in [0.25, 0.3) is 5.91 Å². The number of anilines is 2. The van der Waals surface area contributed by atoms with Gasteiger partial charge in [-0.25, -0.2) is 13.2 Å². The molecule has 0 aliphatic heterocycles. The van der Waals surface area contributed by atoms with Crippen molar-refractivity contribution in [2.24, 2.45) is 5.92 Å². The van der Waals surface area contributed by atoms with Gasteiger partial charge in [-0.2, -0.15) is 0 Å². The number of alkyl halides is 2. The minimum Gasteiger partial charge on any atom is -0.326 e. The van der Waals surface area contributed by atoms with Crippen LogP contribution >= 0.6 is 50.7 Å². The average Bonchev–Trinajstić information content (AvgIpc) is 3.35. The molecule has 4 nitrogen and oxygen atoms in total. The third kappa shape index (κ3) is 5.16. The lowest BCUT2D eigenvalue weighted by Gasteiger charge is -2.11. The van der Waals surface area contributed by atoms with Crippen molar-refractivity contribution < 1.29 is 22.8 Å². The van der Waals surface area contributed by atoms with Gasteiger partial charge in [-0.1, -0.05) is 17.7 Å². The van der Waals surface area contributed by atoms with Crippen molar-refractivity contribution in [1.29, 1.82) is 0 Å². The Morgan fingerprint density at radius 1 is 1.00 bits per heavy atom. The van der Waals surface area contributed by atoms with Gasteiger partial charge in [-0.05, 0) is 70.4 Å². The average molecular weight is 607 g/mol. The van der Waals surface area contributed by atoms with Crippen molar-refractivity contribution in [3.63, 3.8) is 0 Å². The molecule has 2 amide bonds. The molecule has 0 aromatic heterocycles. The molecule has 0 heterocycles. The number of halogens is 7. The molecule has 2 N–H and O–H groups in total. The molecule has 182 valence electrons. The molecule has 0 spiro atoms. The Labute approximate surface area is 221 Å². The first-order chi connectivity index (χ1) is 16.4. The van der Waals surface area contributed by atoms with Crippen LogP contribution in [-0.4, -0.2) is 16.1 Å². The highest BCUT2D eigenvalue weighted by Gasteiger charge is 2.68. The Morgan fingerprint density at radius 3 is 2.40 bits per heavy atom. The molecule has 3 aromatic rings. The fourth-order valence-corrected chi connectivity index (χ4v) is 5.40. The standard InChI is InChI=1S/C24H15BrCl3F3N2O2/c1-10-6-14(21(31)15(25)7-10)19-20(24(19,27)28)23(35)32-12-3-4-16(26)13(9-12)22(34)33-18-5-2-11(29)8-17(18)30/h2-9,19-20H,1H3,(H,32,35)(H,33,34). The molecule has 2 unspecified atom stereocenters. The summed E-state index contributed by atoms with van der Waals surface area (Å²) in [4.78, 5) is 25.6. The molecule has 11 heteroatoms. The smallest absolute Gasteiger partial charge is 0.257 e. The van der Waals surface area contributed by atoms with Crippen LogP contribution in [0.5, 0.6) is 0 Å². The minimum atomic E-state index is -1.54.